The lowest BCUT2D eigenvalue weighted by atomic mass is 9.92. The SMILES string of the molecule is CC(C)n1nc(-c2ccccc2Br)c2c1CCCC2=O. The van der Waals surface area contributed by atoms with E-state index in [0.29, 0.717) is 6.42 Å². The van der Waals surface area contributed by atoms with Crippen LogP contribution in [-0.2, 0) is 6.42 Å². The fraction of sp³-hybridized carbons (Fsp3) is 0.375. The first-order valence-electron chi connectivity index (χ1n) is 6.99. The molecule has 0 radical (unpaired) electrons. The van der Waals surface area contributed by atoms with Crippen molar-refractivity contribution in [1.82, 2.24) is 9.78 Å². The summed E-state index contributed by atoms with van der Waals surface area (Å²) in [6.07, 6.45) is 2.50. The maximum atomic E-state index is 12.4. The van der Waals surface area contributed by atoms with Gasteiger partial charge in [0, 0.05) is 22.5 Å². The van der Waals surface area contributed by atoms with Gasteiger partial charge in [0.05, 0.1) is 11.3 Å². The Bertz CT molecular complexity index is 673. The van der Waals surface area contributed by atoms with Gasteiger partial charge in [0.25, 0.3) is 0 Å². The first kappa shape index (κ1) is 13.6. The first-order chi connectivity index (χ1) is 9.59. The predicted octanol–water partition coefficient (Wildman–Crippen LogP) is 4.41. The van der Waals surface area contributed by atoms with Crippen LogP contribution in [0.5, 0.6) is 0 Å². The van der Waals surface area contributed by atoms with Gasteiger partial charge >= 0.3 is 0 Å². The van der Waals surface area contributed by atoms with Crippen LogP contribution in [0.3, 0.4) is 0 Å². The summed E-state index contributed by atoms with van der Waals surface area (Å²) in [6, 6.07) is 8.23. The molecule has 1 aromatic carbocycles. The van der Waals surface area contributed by atoms with Gasteiger partial charge < -0.3 is 0 Å². The lowest BCUT2D eigenvalue weighted by Crippen LogP contribution is -2.15. The highest BCUT2D eigenvalue weighted by atomic mass is 79.9. The minimum Gasteiger partial charge on any atom is -0.294 e. The third-order valence-corrected chi connectivity index (χ3v) is 4.42. The van der Waals surface area contributed by atoms with Crippen LogP contribution in [0, 0.1) is 0 Å². The fourth-order valence-corrected chi connectivity index (χ4v) is 3.28. The fourth-order valence-electron chi connectivity index (χ4n) is 2.81. The largest absolute Gasteiger partial charge is 0.294 e. The van der Waals surface area contributed by atoms with Gasteiger partial charge in [-0.15, -0.1) is 0 Å². The highest BCUT2D eigenvalue weighted by molar-refractivity contribution is 9.10. The van der Waals surface area contributed by atoms with Crippen LogP contribution in [0.25, 0.3) is 11.3 Å². The summed E-state index contributed by atoms with van der Waals surface area (Å²) in [5, 5.41) is 4.74. The zero-order valence-corrected chi connectivity index (χ0v) is 13.3. The number of halogens is 1. The molecular weight excluding hydrogens is 316 g/mol. The second-order valence-electron chi connectivity index (χ2n) is 5.47. The standard InChI is InChI=1S/C16H17BrN2O/c1-10(2)19-13-8-5-9-14(20)15(13)16(18-19)11-6-3-4-7-12(11)17/h3-4,6-7,10H,5,8-9H2,1-2H3. The smallest absolute Gasteiger partial charge is 0.166 e. The molecule has 0 unspecified atom stereocenters. The van der Waals surface area contributed by atoms with Gasteiger partial charge in [-0.1, -0.05) is 34.1 Å². The van der Waals surface area contributed by atoms with E-state index in [4.69, 9.17) is 5.10 Å². The van der Waals surface area contributed by atoms with Crippen molar-refractivity contribution < 1.29 is 4.79 Å². The van der Waals surface area contributed by atoms with Crippen molar-refractivity contribution in [2.75, 3.05) is 0 Å². The molecule has 0 N–H and O–H groups in total. The van der Waals surface area contributed by atoms with E-state index in [9.17, 15) is 4.79 Å². The van der Waals surface area contributed by atoms with Crippen LogP contribution in [0.4, 0.5) is 0 Å². The van der Waals surface area contributed by atoms with Gasteiger partial charge in [-0.25, -0.2) is 0 Å². The summed E-state index contributed by atoms with van der Waals surface area (Å²) >= 11 is 3.57. The topological polar surface area (TPSA) is 34.9 Å². The number of aromatic nitrogens is 2. The van der Waals surface area contributed by atoms with Crippen molar-refractivity contribution >= 4 is 21.7 Å². The Balaban J connectivity index is 2.27. The number of hydrogen-bond acceptors (Lipinski definition) is 2. The molecule has 20 heavy (non-hydrogen) atoms. The molecule has 1 heterocycles. The molecule has 1 aliphatic rings. The van der Waals surface area contributed by atoms with Gasteiger partial charge in [-0.3, -0.25) is 9.48 Å². The number of rotatable bonds is 2. The Kier molecular flexibility index (Phi) is 3.50. The number of Topliss-reactive ketones (excluding diaryl/α,β-unsaturated/α-hetero) is 1. The number of fused-ring (bicyclic) bond motifs is 1. The van der Waals surface area contributed by atoms with Gasteiger partial charge in [0.1, 0.15) is 5.69 Å². The van der Waals surface area contributed by atoms with E-state index < -0.39 is 0 Å². The quantitative estimate of drug-likeness (QED) is 0.816. The zero-order chi connectivity index (χ0) is 14.3. The summed E-state index contributed by atoms with van der Waals surface area (Å²) in [5.41, 5.74) is 3.75. The normalized spacial score (nSPS) is 14.7. The molecule has 2 aromatic rings. The third-order valence-electron chi connectivity index (χ3n) is 3.72. The molecule has 3 nitrogen and oxygen atoms in total. The first-order valence-corrected chi connectivity index (χ1v) is 7.78. The average Bonchev–Trinajstić information content (AvgIpc) is 2.80. The van der Waals surface area contributed by atoms with E-state index in [0.717, 1.165) is 39.8 Å². The van der Waals surface area contributed by atoms with Crippen molar-refractivity contribution in [2.24, 2.45) is 0 Å². The number of nitrogens with zero attached hydrogens (tertiary/aromatic N) is 2. The maximum Gasteiger partial charge on any atom is 0.166 e. The van der Waals surface area contributed by atoms with E-state index in [-0.39, 0.29) is 11.8 Å². The molecule has 0 amide bonds. The molecule has 0 saturated heterocycles. The average molecular weight is 333 g/mol. The van der Waals surface area contributed by atoms with Gasteiger partial charge in [0.2, 0.25) is 0 Å². The van der Waals surface area contributed by atoms with Crippen LogP contribution in [0.2, 0.25) is 0 Å². The predicted molar refractivity (Wildman–Crippen MR) is 83.0 cm³/mol. The van der Waals surface area contributed by atoms with Crippen molar-refractivity contribution in [3.05, 3.63) is 40.0 Å². The van der Waals surface area contributed by atoms with Crippen LogP contribution in [-0.4, -0.2) is 15.6 Å². The molecule has 104 valence electrons. The maximum absolute atomic E-state index is 12.4. The summed E-state index contributed by atoms with van der Waals surface area (Å²) in [4.78, 5) is 12.4. The molecule has 1 aromatic heterocycles. The Hall–Kier alpha value is -1.42. The molecule has 0 fully saturated rings. The Morgan fingerprint density at radius 1 is 1.25 bits per heavy atom. The second-order valence-corrected chi connectivity index (χ2v) is 6.32. The van der Waals surface area contributed by atoms with Crippen LogP contribution in [0.15, 0.2) is 28.7 Å². The van der Waals surface area contributed by atoms with Crippen molar-refractivity contribution in [2.45, 2.75) is 39.2 Å². The summed E-state index contributed by atoms with van der Waals surface area (Å²) < 4.78 is 3.00. The molecule has 0 spiro atoms. The third kappa shape index (κ3) is 2.12. The number of hydrogen-bond donors (Lipinski definition) is 0. The zero-order valence-electron chi connectivity index (χ0n) is 11.7. The lowest BCUT2D eigenvalue weighted by molar-refractivity contribution is 0.0972. The molecule has 4 heteroatoms. The van der Waals surface area contributed by atoms with Gasteiger partial charge in [0.15, 0.2) is 5.78 Å². The number of ketones is 1. The van der Waals surface area contributed by atoms with Crippen LogP contribution < -0.4 is 0 Å². The van der Waals surface area contributed by atoms with Crippen molar-refractivity contribution in [3.63, 3.8) is 0 Å². The van der Waals surface area contributed by atoms with Crippen LogP contribution >= 0.6 is 15.9 Å². The Labute approximate surface area is 127 Å². The van der Waals surface area contributed by atoms with E-state index in [1.165, 1.54) is 0 Å². The lowest BCUT2D eigenvalue weighted by Gasteiger charge is -2.15. The van der Waals surface area contributed by atoms with Gasteiger partial charge in [-0.05, 0) is 32.8 Å². The Morgan fingerprint density at radius 3 is 2.70 bits per heavy atom. The number of carbonyl (C=O) groups excluding carboxylic acids is 1. The molecular formula is C16H17BrN2O. The van der Waals surface area contributed by atoms with E-state index in [1.807, 2.05) is 28.9 Å². The van der Waals surface area contributed by atoms with E-state index in [1.54, 1.807) is 0 Å². The summed E-state index contributed by atoms with van der Waals surface area (Å²) in [7, 11) is 0. The molecule has 3 rings (SSSR count). The molecule has 0 atom stereocenters. The highest BCUT2D eigenvalue weighted by Crippen LogP contribution is 2.35. The van der Waals surface area contributed by atoms with E-state index >= 15 is 0 Å². The number of carbonyl (C=O) groups is 1. The van der Waals surface area contributed by atoms with Crippen molar-refractivity contribution in [1.29, 1.82) is 0 Å². The van der Waals surface area contributed by atoms with Crippen LogP contribution in [0.1, 0.15) is 48.8 Å². The van der Waals surface area contributed by atoms with E-state index in [2.05, 4.69) is 29.8 Å². The molecule has 1 aliphatic carbocycles. The number of benzene rings is 1. The van der Waals surface area contributed by atoms with Gasteiger partial charge in [-0.2, -0.15) is 5.10 Å². The Morgan fingerprint density at radius 2 is 2.00 bits per heavy atom. The summed E-state index contributed by atoms with van der Waals surface area (Å²) in [5.74, 6) is 0.226. The molecule has 0 aliphatic heterocycles. The monoisotopic (exact) mass is 332 g/mol. The minimum atomic E-state index is 0.226. The second kappa shape index (κ2) is 5.17. The summed E-state index contributed by atoms with van der Waals surface area (Å²) in [6.45, 7) is 4.21. The highest BCUT2D eigenvalue weighted by Gasteiger charge is 2.28. The minimum absolute atomic E-state index is 0.226. The molecule has 0 saturated carbocycles. The van der Waals surface area contributed by atoms with Crippen molar-refractivity contribution in [3.8, 4) is 11.3 Å². The molecule has 0 bridgehead atoms.